The van der Waals surface area contributed by atoms with Crippen LogP contribution in [0.5, 0.6) is 0 Å². The Labute approximate surface area is 131 Å². The molecule has 112 valence electrons. The first-order chi connectivity index (χ1) is 10.8. The van der Waals surface area contributed by atoms with E-state index in [0.717, 1.165) is 40.5 Å². The third-order valence-corrected chi connectivity index (χ3v) is 4.52. The summed E-state index contributed by atoms with van der Waals surface area (Å²) in [6.45, 7) is 2.96. The fraction of sp³-hybridized carbons (Fsp3) is 0.267. The van der Waals surface area contributed by atoms with Crippen LogP contribution < -0.4 is 10.6 Å². The van der Waals surface area contributed by atoms with Gasteiger partial charge in [-0.3, -0.25) is 0 Å². The van der Waals surface area contributed by atoms with Crippen molar-refractivity contribution in [1.29, 1.82) is 0 Å². The molecule has 22 heavy (non-hydrogen) atoms. The van der Waals surface area contributed by atoms with E-state index in [1.54, 1.807) is 11.3 Å². The van der Waals surface area contributed by atoms with E-state index in [-0.39, 0.29) is 5.95 Å². The minimum Gasteiger partial charge on any atom is -0.378 e. The normalized spacial score (nSPS) is 15.4. The Morgan fingerprint density at radius 2 is 1.95 bits per heavy atom. The Morgan fingerprint density at radius 3 is 2.73 bits per heavy atom. The van der Waals surface area contributed by atoms with Gasteiger partial charge in [0, 0.05) is 13.1 Å². The molecule has 1 fully saturated rings. The average molecular weight is 313 g/mol. The molecular formula is C15H15N5OS. The first-order valence-electron chi connectivity index (χ1n) is 7.12. The van der Waals surface area contributed by atoms with E-state index in [1.807, 2.05) is 23.6 Å². The third kappa shape index (κ3) is 2.38. The highest BCUT2D eigenvalue weighted by molar-refractivity contribution is 7.13. The lowest BCUT2D eigenvalue weighted by Gasteiger charge is -2.28. The third-order valence-electron chi connectivity index (χ3n) is 3.63. The predicted molar refractivity (Wildman–Crippen MR) is 88.1 cm³/mol. The number of thiophene rings is 1. The molecule has 3 aromatic rings. The molecule has 3 aromatic heterocycles. The molecule has 4 heterocycles. The summed E-state index contributed by atoms with van der Waals surface area (Å²) in [5.74, 6) is 1.07. The Balaban J connectivity index is 1.87. The molecule has 0 spiro atoms. The zero-order chi connectivity index (χ0) is 14.9. The van der Waals surface area contributed by atoms with Crippen molar-refractivity contribution in [3.05, 3.63) is 29.6 Å². The molecular weight excluding hydrogens is 298 g/mol. The molecule has 0 unspecified atom stereocenters. The van der Waals surface area contributed by atoms with Gasteiger partial charge in [-0.25, -0.2) is 9.97 Å². The van der Waals surface area contributed by atoms with Crippen LogP contribution in [0, 0.1) is 0 Å². The molecule has 0 radical (unpaired) electrons. The number of morpholine rings is 1. The summed E-state index contributed by atoms with van der Waals surface area (Å²) in [6, 6.07) is 8.02. The molecule has 4 rings (SSSR count). The van der Waals surface area contributed by atoms with Crippen LogP contribution in [0.15, 0.2) is 29.6 Å². The van der Waals surface area contributed by atoms with Crippen LogP contribution in [0.1, 0.15) is 0 Å². The fourth-order valence-corrected chi connectivity index (χ4v) is 3.27. The monoisotopic (exact) mass is 313 g/mol. The number of nitrogen functional groups attached to an aromatic ring is 1. The maximum absolute atomic E-state index is 5.86. The summed E-state index contributed by atoms with van der Waals surface area (Å²) in [5.41, 5.74) is 8.36. The number of pyridine rings is 1. The number of hydrogen-bond donors (Lipinski definition) is 1. The number of ether oxygens (including phenoxy) is 1. The highest BCUT2D eigenvalue weighted by atomic mass is 32.1. The molecule has 1 aliphatic heterocycles. The minimum atomic E-state index is 0.277. The van der Waals surface area contributed by atoms with E-state index < -0.39 is 0 Å². The molecule has 0 bridgehead atoms. The summed E-state index contributed by atoms with van der Waals surface area (Å²) < 4.78 is 5.41. The van der Waals surface area contributed by atoms with Crippen LogP contribution in [0.25, 0.3) is 21.6 Å². The summed E-state index contributed by atoms with van der Waals surface area (Å²) in [7, 11) is 0. The Hall–Kier alpha value is -2.25. The molecule has 0 aromatic carbocycles. The lowest BCUT2D eigenvalue weighted by atomic mass is 10.2. The SMILES string of the molecule is Nc1nc(N2CCOCC2)c2nc(-c3cccs3)ccc2n1. The van der Waals surface area contributed by atoms with Gasteiger partial charge in [0.05, 0.1) is 29.3 Å². The second kappa shape index (κ2) is 5.51. The number of aromatic nitrogens is 3. The lowest BCUT2D eigenvalue weighted by Crippen LogP contribution is -2.37. The van der Waals surface area contributed by atoms with Crippen LogP contribution in [0.2, 0.25) is 0 Å². The highest BCUT2D eigenvalue weighted by Gasteiger charge is 2.18. The van der Waals surface area contributed by atoms with Crippen LogP contribution in [0.3, 0.4) is 0 Å². The summed E-state index contributed by atoms with van der Waals surface area (Å²) in [6.07, 6.45) is 0. The van der Waals surface area contributed by atoms with Crippen molar-refractivity contribution in [1.82, 2.24) is 15.0 Å². The van der Waals surface area contributed by atoms with Crippen molar-refractivity contribution in [2.45, 2.75) is 0 Å². The maximum Gasteiger partial charge on any atom is 0.222 e. The second-order valence-corrected chi connectivity index (χ2v) is 5.99. The van der Waals surface area contributed by atoms with Crippen molar-refractivity contribution in [2.75, 3.05) is 36.9 Å². The first-order valence-corrected chi connectivity index (χ1v) is 8.00. The van der Waals surface area contributed by atoms with Gasteiger partial charge in [0.1, 0.15) is 5.52 Å². The van der Waals surface area contributed by atoms with Gasteiger partial charge >= 0.3 is 0 Å². The van der Waals surface area contributed by atoms with E-state index in [1.165, 1.54) is 0 Å². The smallest absolute Gasteiger partial charge is 0.222 e. The van der Waals surface area contributed by atoms with Crippen LogP contribution in [-0.4, -0.2) is 41.3 Å². The largest absolute Gasteiger partial charge is 0.378 e. The van der Waals surface area contributed by atoms with Gasteiger partial charge in [-0.05, 0) is 23.6 Å². The van der Waals surface area contributed by atoms with E-state index >= 15 is 0 Å². The zero-order valence-corrected chi connectivity index (χ0v) is 12.7. The molecule has 0 atom stereocenters. The van der Waals surface area contributed by atoms with Crippen LogP contribution in [-0.2, 0) is 4.74 Å². The number of nitrogens with zero attached hydrogens (tertiary/aromatic N) is 4. The van der Waals surface area contributed by atoms with Gasteiger partial charge < -0.3 is 15.4 Å². The van der Waals surface area contributed by atoms with E-state index in [0.29, 0.717) is 13.2 Å². The summed E-state index contributed by atoms with van der Waals surface area (Å²) in [5, 5.41) is 2.05. The van der Waals surface area contributed by atoms with Crippen molar-refractivity contribution >= 4 is 34.1 Å². The molecule has 0 amide bonds. The standard InChI is InChI=1S/C15H15N5OS/c16-15-18-11-4-3-10(12-2-1-9-22-12)17-13(11)14(19-15)20-5-7-21-8-6-20/h1-4,9H,5-8H2,(H2,16,18,19). The van der Waals surface area contributed by atoms with Gasteiger partial charge in [0.15, 0.2) is 5.82 Å². The van der Waals surface area contributed by atoms with Gasteiger partial charge in [0.2, 0.25) is 5.95 Å². The van der Waals surface area contributed by atoms with Gasteiger partial charge in [-0.2, -0.15) is 4.98 Å². The predicted octanol–water partition coefficient (Wildman–Crippen LogP) is 2.17. The van der Waals surface area contributed by atoms with Crippen LogP contribution in [0.4, 0.5) is 11.8 Å². The van der Waals surface area contributed by atoms with E-state index in [2.05, 4.69) is 20.9 Å². The van der Waals surface area contributed by atoms with Crippen molar-refractivity contribution in [2.24, 2.45) is 0 Å². The van der Waals surface area contributed by atoms with Crippen molar-refractivity contribution < 1.29 is 4.74 Å². The number of fused-ring (bicyclic) bond motifs is 1. The first kappa shape index (κ1) is 13.4. The molecule has 1 saturated heterocycles. The van der Waals surface area contributed by atoms with Gasteiger partial charge in [0.25, 0.3) is 0 Å². The van der Waals surface area contributed by atoms with Crippen molar-refractivity contribution in [3.63, 3.8) is 0 Å². The fourth-order valence-electron chi connectivity index (χ4n) is 2.57. The molecule has 0 saturated carbocycles. The number of hydrogen-bond acceptors (Lipinski definition) is 7. The minimum absolute atomic E-state index is 0.277. The van der Waals surface area contributed by atoms with Crippen molar-refractivity contribution in [3.8, 4) is 10.6 Å². The topological polar surface area (TPSA) is 77.2 Å². The van der Waals surface area contributed by atoms with Crippen LogP contribution >= 0.6 is 11.3 Å². The van der Waals surface area contributed by atoms with E-state index in [4.69, 9.17) is 15.5 Å². The quantitative estimate of drug-likeness (QED) is 0.781. The number of rotatable bonds is 2. The number of nitrogens with two attached hydrogens (primary N) is 1. The second-order valence-electron chi connectivity index (χ2n) is 5.05. The molecule has 2 N–H and O–H groups in total. The Morgan fingerprint density at radius 1 is 1.09 bits per heavy atom. The Kier molecular flexibility index (Phi) is 3.36. The zero-order valence-electron chi connectivity index (χ0n) is 11.9. The average Bonchev–Trinajstić information content (AvgIpc) is 3.09. The molecule has 7 heteroatoms. The summed E-state index contributed by atoms with van der Waals surface area (Å²) in [4.78, 5) is 16.8. The number of anilines is 2. The lowest BCUT2D eigenvalue weighted by molar-refractivity contribution is 0.122. The summed E-state index contributed by atoms with van der Waals surface area (Å²) >= 11 is 1.67. The Bertz CT molecular complexity index is 799. The molecule has 1 aliphatic rings. The molecule has 6 nitrogen and oxygen atoms in total. The highest BCUT2D eigenvalue weighted by Crippen LogP contribution is 2.29. The van der Waals surface area contributed by atoms with Gasteiger partial charge in [-0.1, -0.05) is 6.07 Å². The molecule has 0 aliphatic carbocycles. The maximum atomic E-state index is 5.86. The van der Waals surface area contributed by atoms with E-state index in [9.17, 15) is 0 Å². The van der Waals surface area contributed by atoms with Gasteiger partial charge in [-0.15, -0.1) is 11.3 Å².